The van der Waals surface area contributed by atoms with Gasteiger partial charge < -0.3 is 0 Å². The van der Waals surface area contributed by atoms with E-state index < -0.39 is 0 Å². The van der Waals surface area contributed by atoms with Crippen LogP contribution in [-0.2, 0) is 4.65 Å². The molecule has 0 aromatic rings. The summed E-state index contributed by atoms with van der Waals surface area (Å²) in [6, 6.07) is 0. The third kappa shape index (κ3) is 18.1. The van der Waals surface area contributed by atoms with Gasteiger partial charge in [-0.3, -0.25) is 0 Å². The molecule has 1 aliphatic carbocycles. The number of hydrogen-bond acceptors (Lipinski definition) is 0. The van der Waals surface area contributed by atoms with Crippen LogP contribution in [0.4, 0.5) is 0 Å². The van der Waals surface area contributed by atoms with Crippen molar-refractivity contribution in [3.8, 4) is 0 Å². The van der Waals surface area contributed by atoms with E-state index in [1.807, 2.05) is 0 Å². The summed E-state index contributed by atoms with van der Waals surface area (Å²) in [5, 5.41) is 0. The van der Waals surface area contributed by atoms with Crippen molar-refractivity contribution >= 4 is 0 Å². The van der Waals surface area contributed by atoms with E-state index in [4.69, 9.17) is 4.65 Å². The predicted octanol–water partition coefficient (Wildman–Crippen LogP) is 8.57. The van der Waals surface area contributed by atoms with Crippen LogP contribution in [0.5, 0.6) is 0 Å². The molecular formula is C24H44O. The minimum absolute atomic E-state index is 0.927. The van der Waals surface area contributed by atoms with Gasteiger partial charge >= 0.3 is 11.3 Å². The van der Waals surface area contributed by atoms with Crippen molar-refractivity contribution in [1.82, 2.24) is 0 Å². The van der Waals surface area contributed by atoms with E-state index in [0.717, 1.165) is 5.92 Å². The van der Waals surface area contributed by atoms with E-state index in [1.54, 1.807) is 5.57 Å². The first-order valence-electron chi connectivity index (χ1n) is 11.2. The van der Waals surface area contributed by atoms with E-state index in [9.17, 15) is 0 Å². The summed E-state index contributed by atoms with van der Waals surface area (Å²) in [6.45, 7) is 9.15. The number of allylic oxidation sites excluding steroid dienone is 2. The Bertz CT molecular complexity index is 315. The zero-order valence-corrected chi connectivity index (χ0v) is 17.3. The molecule has 0 saturated heterocycles. The van der Waals surface area contributed by atoms with Gasteiger partial charge in [0.1, 0.15) is 0 Å². The number of rotatable bonds is 17. The molecule has 0 aromatic carbocycles. The Morgan fingerprint density at radius 1 is 0.720 bits per heavy atom. The first-order valence-corrected chi connectivity index (χ1v) is 11.2. The molecule has 0 aromatic heterocycles. The summed E-state index contributed by atoms with van der Waals surface area (Å²) >= 11 is 0. The Balaban J connectivity index is 0.00000277. The zero-order valence-electron chi connectivity index (χ0n) is 17.3. The van der Waals surface area contributed by atoms with Crippen molar-refractivity contribution in [2.24, 2.45) is 5.92 Å². The van der Waals surface area contributed by atoms with Crippen molar-refractivity contribution in [2.45, 2.75) is 129 Å². The summed E-state index contributed by atoms with van der Waals surface area (Å²) in [7, 11) is 0. The van der Waals surface area contributed by atoms with Crippen LogP contribution in [0, 0.1) is 12.6 Å². The van der Waals surface area contributed by atoms with Gasteiger partial charge in [0.2, 0.25) is 0 Å². The topological polar surface area (TPSA) is 19.9 Å². The molecule has 0 bridgehead atoms. The Morgan fingerprint density at radius 2 is 1.04 bits per heavy atom. The van der Waals surface area contributed by atoms with Crippen molar-refractivity contribution in [3.63, 3.8) is 0 Å². The molecule has 1 fully saturated rings. The summed E-state index contributed by atoms with van der Waals surface area (Å²) in [5.41, 5.74) is 1.73. The molecule has 1 nitrogen and oxygen atoms in total. The SMILES string of the molecule is CCCCCCCCCCCCCCCCCCC=C1CC1C.[C-]#[O+]. The van der Waals surface area contributed by atoms with Gasteiger partial charge in [-0.05, 0) is 25.2 Å². The Morgan fingerprint density at radius 3 is 1.36 bits per heavy atom. The van der Waals surface area contributed by atoms with Crippen LogP contribution in [0.1, 0.15) is 129 Å². The Kier molecular flexibility index (Phi) is 19.4. The van der Waals surface area contributed by atoms with Crippen LogP contribution in [0.3, 0.4) is 0 Å². The van der Waals surface area contributed by atoms with Gasteiger partial charge in [0.25, 0.3) is 0 Å². The van der Waals surface area contributed by atoms with Gasteiger partial charge in [-0.2, -0.15) is 0 Å². The number of unbranched alkanes of at least 4 members (excludes halogenated alkanes) is 16. The predicted molar refractivity (Wildman–Crippen MR) is 110 cm³/mol. The molecule has 0 heterocycles. The average Bonchev–Trinajstić information content (AvgIpc) is 3.34. The second kappa shape index (κ2) is 19.8. The van der Waals surface area contributed by atoms with E-state index in [1.165, 1.54) is 116 Å². The molecule has 0 aliphatic heterocycles. The quantitative estimate of drug-likeness (QED) is 0.109. The summed E-state index contributed by atoms with van der Waals surface area (Å²) in [4.78, 5) is 0. The normalized spacial score (nSPS) is 17.3. The van der Waals surface area contributed by atoms with Gasteiger partial charge in [0.05, 0.1) is 0 Å². The van der Waals surface area contributed by atoms with Crippen LogP contribution in [0.15, 0.2) is 11.6 Å². The van der Waals surface area contributed by atoms with Gasteiger partial charge in [-0.25, -0.2) is 0 Å². The Labute approximate surface area is 158 Å². The average molecular weight is 349 g/mol. The van der Waals surface area contributed by atoms with Gasteiger partial charge in [0.15, 0.2) is 0 Å². The van der Waals surface area contributed by atoms with Crippen LogP contribution < -0.4 is 0 Å². The van der Waals surface area contributed by atoms with Crippen LogP contribution in [0.2, 0.25) is 0 Å². The van der Waals surface area contributed by atoms with Crippen LogP contribution in [0.25, 0.3) is 0 Å². The monoisotopic (exact) mass is 348 g/mol. The molecule has 0 spiro atoms. The molecule has 1 atom stereocenters. The van der Waals surface area contributed by atoms with E-state index in [2.05, 4.69) is 26.6 Å². The van der Waals surface area contributed by atoms with E-state index >= 15 is 0 Å². The van der Waals surface area contributed by atoms with Crippen molar-refractivity contribution in [1.29, 1.82) is 0 Å². The molecule has 1 saturated carbocycles. The van der Waals surface area contributed by atoms with Crippen molar-refractivity contribution in [2.75, 3.05) is 0 Å². The molecular weight excluding hydrogens is 304 g/mol. The summed E-state index contributed by atoms with van der Waals surface area (Å²) < 4.78 is 7.50. The second-order valence-corrected chi connectivity index (χ2v) is 7.98. The van der Waals surface area contributed by atoms with Crippen LogP contribution in [-0.4, -0.2) is 0 Å². The maximum absolute atomic E-state index is 7.50. The molecule has 1 unspecified atom stereocenters. The molecule has 1 aliphatic rings. The van der Waals surface area contributed by atoms with Crippen molar-refractivity contribution < 1.29 is 4.65 Å². The first kappa shape index (κ1) is 24.5. The van der Waals surface area contributed by atoms with Gasteiger partial charge in [-0.1, -0.05) is 122 Å². The molecule has 0 amide bonds. The van der Waals surface area contributed by atoms with E-state index in [-0.39, 0.29) is 0 Å². The molecule has 0 radical (unpaired) electrons. The first-order chi connectivity index (χ1) is 12.3. The van der Waals surface area contributed by atoms with Gasteiger partial charge in [-0.15, -0.1) is 0 Å². The Hall–Kier alpha value is -0.520. The maximum atomic E-state index is 7.50. The van der Waals surface area contributed by atoms with E-state index in [0.29, 0.717) is 0 Å². The van der Waals surface area contributed by atoms with Gasteiger partial charge in [0, 0.05) is 0 Å². The summed E-state index contributed by atoms with van der Waals surface area (Å²) in [6.07, 6.45) is 28.7. The fraction of sp³-hybridized carbons (Fsp3) is 0.875. The standard InChI is InChI=1S/C23H44.CO/c1-3-4-5-6-7-8-9-10-11-12-13-14-15-16-17-18-19-20-23-21-22(23)2;1-2/h20,22H,3-19,21H2,1-2H3;. The molecule has 1 heteroatoms. The fourth-order valence-corrected chi connectivity index (χ4v) is 3.56. The fourth-order valence-electron chi connectivity index (χ4n) is 3.56. The zero-order chi connectivity index (χ0) is 18.6. The van der Waals surface area contributed by atoms with Crippen LogP contribution >= 0.6 is 0 Å². The van der Waals surface area contributed by atoms with Crippen molar-refractivity contribution in [3.05, 3.63) is 18.3 Å². The third-order valence-electron chi connectivity index (χ3n) is 5.48. The number of hydrogen-bond donors (Lipinski definition) is 0. The molecule has 25 heavy (non-hydrogen) atoms. The minimum atomic E-state index is 0.927. The molecule has 146 valence electrons. The third-order valence-corrected chi connectivity index (χ3v) is 5.48. The second-order valence-electron chi connectivity index (χ2n) is 7.98. The summed E-state index contributed by atoms with van der Waals surface area (Å²) in [5.74, 6) is 0.927. The molecule has 1 rings (SSSR count). The molecule has 0 N–H and O–H groups in total.